The molecule has 2 aromatic rings. The number of likely N-dealkylation sites (tertiary alicyclic amines) is 2. The van der Waals surface area contributed by atoms with Crippen LogP contribution in [0.5, 0.6) is 11.5 Å². The molecule has 0 radical (unpaired) electrons. The lowest BCUT2D eigenvalue weighted by atomic mass is 9.68. The molecule has 15 heteroatoms. The number of benzene rings is 2. The van der Waals surface area contributed by atoms with Crippen molar-refractivity contribution in [2.24, 2.45) is 5.41 Å². The van der Waals surface area contributed by atoms with Crippen molar-refractivity contribution < 1.29 is 38.2 Å². The van der Waals surface area contributed by atoms with E-state index < -0.39 is 6.03 Å². The number of ether oxygens (including phenoxy) is 3. The highest BCUT2D eigenvalue weighted by Gasteiger charge is 2.35. The van der Waals surface area contributed by atoms with Crippen LogP contribution in [0.1, 0.15) is 93.8 Å². The van der Waals surface area contributed by atoms with Crippen LogP contribution in [0.25, 0.3) is 0 Å². The summed E-state index contributed by atoms with van der Waals surface area (Å²) < 4.78 is 17.5. The Morgan fingerprint density at radius 3 is 1.98 bits per heavy atom. The fourth-order valence-corrected chi connectivity index (χ4v) is 9.29. The van der Waals surface area contributed by atoms with E-state index in [0.29, 0.717) is 61.2 Å². The van der Waals surface area contributed by atoms with Crippen molar-refractivity contribution >= 4 is 41.2 Å². The largest absolute Gasteiger partial charge is 0.495 e. The second-order valence-corrected chi connectivity index (χ2v) is 16.7. The van der Waals surface area contributed by atoms with Crippen LogP contribution >= 0.6 is 0 Å². The SMILES string of the molecule is COc1ccc(C(=O)N2CCC(OC3CCNCC3)CC2)cc1N1CCC(=O)NC1=O.O=C1CCN(c2ccc(OCCN3CCC4(CCCCC4)CC3)cc2)C(=O)N1. The Hall–Kier alpha value is -4.73. The maximum atomic E-state index is 13.1. The molecular formula is C44H61N7O8. The van der Waals surface area contributed by atoms with E-state index in [-0.39, 0.29) is 42.8 Å². The Morgan fingerprint density at radius 1 is 0.729 bits per heavy atom. The van der Waals surface area contributed by atoms with Gasteiger partial charge in [-0.25, -0.2) is 9.59 Å². The predicted octanol–water partition coefficient (Wildman–Crippen LogP) is 5.07. The minimum Gasteiger partial charge on any atom is -0.495 e. The van der Waals surface area contributed by atoms with Crippen LogP contribution in [0.15, 0.2) is 42.5 Å². The molecule has 320 valence electrons. The number of nitrogens with zero attached hydrogens (tertiary/aromatic N) is 4. The van der Waals surface area contributed by atoms with E-state index in [1.807, 2.05) is 29.2 Å². The molecule has 0 aromatic heterocycles. The van der Waals surface area contributed by atoms with Gasteiger partial charge in [-0.3, -0.25) is 39.7 Å². The summed E-state index contributed by atoms with van der Waals surface area (Å²) in [6.07, 6.45) is 14.7. The van der Waals surface area contributed by atoms with Gasteiger partial charge < -0.3 is 24.4 Å². The first-order chi connectivity index (χ1) is 28.7. The summed E-state index contributed by atoms with van der Waals surface area (Å²) in [6, 6.07) is 11.8. The molecule has 7 amide bonds. The number of nitrogens with one attached hydrogen (secondary N) is 3. The third-order valence-corrected chi connectivity index (χ3v) is 12.9. The highest BCUT2D eigenvalue weighted by molar-refractivity contribution is 6.07. The Kier molecular flexibility index (Phi) is 14.4. The van der Waals surface area contributed by atoms with E-state index in [4.69, 9.17) is 14.2 Å². The Bertz CT molecular complexity index is 1780. The quantitative estimate of drug-likeness (QED) is 0.295. The minimum atomic E-state index is -0.505. The smallest absolute Gasteiger partial charge is 0.328 e. The first-order valence-electron chi connectivity index (χ1n) is 21.7. The van der Waals surface area contributed by atoms with Crippen molar-refractivity contribution in [2.45, 2.75) is 95.7 Å². The second-order valence-electron chi connectivity index (χ2n) is 16.7. The monoisotopic (exact) mass is 815 g/mol. The standard InChI is InChI=1S/C22H30N4O5.C22H31N3O3/c1-30-19-3-2-15(14-18(19)26-13-8-20(27)24-22(26)29)21(28)25-11-6-17(7-12-25)31-16-4-9-23-10-5-16;26-20-8-13-25(21(27)23-20)18-4-6-19(7-5-18)28-17-16-24-14-11-22(12-15-24)9-2-1-3-10-22/h2-3,14,16-17,23H,4-13H2,1H3,(H,24,27,29);4-7H,1-3,8-17H2,(H,23,26,27). The van der Waals surface area contributed by atoms with Gasteiger partial charge in [0.05, 0.1) is 25.0 Å². The van der Waals surface area contributed by atoms with E-state index in [1.54, 1.807) is 23.1 Å². The zero-order chi connectivity index (χ0) is 41.2. The Balaban J connectivity index is 0.000000180. The topological polar surface area (TPSA) is 162 Å². The molecule has 1 aliphatic carbocycles. The van der Waals surface area contributed by atoms with Gasteiger partial charge in [0, 0.05) is 56.8 Å². The lowest BCUT2D eigenvalue weighted by molar-refractivity contribution is -0.121. The third kappa shape index (κ3) is 11.1. The molecule has 6 fully saturated rings. The Morgan fingerprint density at radius 2 is 1.36 bits per heavy atom. The summed E-state index contributed by atoms with van der Waals surface area (Å²) >= 11 is 0. The molecule has 0 unspecified atom stereocenters. The number of hydrogen-bond acceptors (Lipinski definition) is 10. The van der Waals surface area contributed by atoms with Crippen molar-refractivity contribution in [3.05, 3.63) is 48.0 Å². The van der Waals surface area contributed by atoms with E-state index in [9.17, 15) is 24.0 Å². The molecule has 6 aliphatic rings. The number of methoxy groups -OCH3 is 1. The number of urea groups is 2. The van der Waals surface area contributed by atoms with Crippen LogP contribution in [0.2, 0.25) is 0 Å². The van der Waals surface area contributed by atoms with Gasteiger partial charge in [-0.05, 0) is 125 Å². The van der Waals surface area contributed by atoms with Crippen LogP contribution in [0.3, 0.4) is 0 Å². The number of imide groups is 2. The number of carbonyl (C=O) groups is 5. The average molecular weight is 816 g/mol. The van der Waals surface area contributed by atoms with Crippen molar-refractivity contribution in [1.29, 1.82) is 0 Å². The van der Waals surface area contributed by atoms with Crippen LogP contribution in [0, 0.1) is 5.41 Å². The fourth-order valence-electron chi connectivity index (χ4n) is 9.29. The maximum Gasteiger partial charge on any atom is 0.328 e. The zero-order valence-electron chi connectivity index (χ0n) is 34.5. The number of carbonyl (C=O) groups excluding carboxylic acids is 5. The normalized spacial score (nSPS) is 22.0. The molecule has 1 spiro atoms. The lowest BCUT2D eigenvalue weighted by Crippen LogP contribution is -2.49. The number of piperidine rings is 3. The van der Waals surface area contributed by atoms with Gasteiger partial charge >= 0.3 is 12.1 Å². The molecule has 8 rings (SSSR count). The highest BCUT2D eigenvalue weighted by atomic mass is 16.5. The second kappa shape index (κ2) is 20.0. The fraction of sp³-hybridized carbons (Fsp3) is 0.614. The van der Waals surface area contributed by atoms with Crippen molar-refractivity contribution in [3.63, 3.8) is 0 Å². The number of rotatable bonds is 10. The van der Waals surface area contributed by atoms with Crippen molar-refractivity contribution in [3.8, 4) is 11.5 Å². The van der Waals surface area contributed by atoms with E-state index in [2.05, 4.69) is 20.9 Å². The van der Waals surface area contributed by atoms with Gasteiger partial charge in [0.15, 0.2) is 0 Å². The molecule has 1 saturated carbocycles. The van der Waals surface area contributed by atoms with Crippen molar-refractivity contribution in [2.75, 3.05) is 82.4 Å². The Labute approximate surface area is 347 Å². The van der Waals surface area contributed by atoms with Crippen LogP contribution in [-0.4, -0.2) is 124 Å². The minimum absolute atomic E-state index is 0.0716. The first-order valence-corrected chi connectivity index (χ1v) is 21.7. The average Bonchev–Trinajstić information content (AvgIpc) is 3.26. The van der Waals surface area contributed by atoms with Crippen molar-refractivity contribution in [1.82, 2.24) is 25.8 Å². The van der Waals surface area contributed by atoms with Gasteiger partial charge in [-0.1, -0.05) is 19.3 Å². The molecule has 5 heterocycles. The summed E-state index contributed by atoms with van der Waals surface area (Å²) in [6.45, 7) is 8.02. The summed E-state index contributed by atoms with van der Waals surface area (Å²) in [5, 5.41) is 8.00. The summed E-state index contributed by atoms with van der Waals surface area (Å²) in [4.78, 5) is 67.4. The van der Waals surface area contributed by atoms with E-state index in [1.165, 1.54) is 70.0 Å². The molecule has 5 aliphatic heterocycles. The van der Waals surface area contributed by atoms with Gasteiger partial charge in [0.1, 0.15) is 18.1 Å². The highest BCUT2D eigenvalue weighted by Crippen LogP contribution is 2.44. The summed E-state index contributed by atoms with van der Waals surface area (Å²) in [5.74, 6) is 0.709. The molecule has 0 bridgehead atoms. The molecule has 2 aromatic carbocycles. The maximum absolute atomic E-state index is 13.1. The molecular weight excluding hydrogens is 755 g/mol. The first kappa shape index (κ1) is 42.4. The molecule has 59 heavy (non-hydrogen) atoms. The van der Waals surface area contributed by atoms with Gasteiger partial charge in [0.2, 0.25) is 11.8 Å². The van der Waals surface area contributed by atoms with Crippen LogP contribution < -0.4 is 35.2 Å². The van der Waals surface area contributed by atoms with Gasteiger partial charge in [-0.15, -0.1) is 0 Å². The predicted molar refractivity (Wildman–Crippen MR) is 223 cm³/mol. The molecule has 0 atom stereocenters. The number of amides is 7. The summed E-state index contributed by atoms with van der Waals surface area (Å²) in [5.41, 5.74) is 2.42. The number of anilines is 2. The van der Waals surface area contributed by atoms with E-state index >= 15 is 0 Å². The van der Waals surface area contributed by atoms with E-state index in [0.717, 1.165) is 56.8 Å². The third-order valence-electron chi connectivity index (χ3n) is 12.9. The zero-order valence-corrected chi connectivity index (χ0v) is 34.5. The molecule has 3 N–H and O–H groups in total. The lowest BCUT2D eigenvalue weighted by Gasteiger charge is -2.44. The summed E-state index contributed by atoms with van der Waals surface area (Å²) in [7, 11) is 1.51. The molecule has 15 nitrogen and oxygen atoms in total. The van der Waals surface area contributed by atoms with Crippen LogP contribution in [0.4, 0.5) is 21.0 Å². The molecule has 5 saturated heterocycles. The van der Waals surface area contributed by atoms with Gasteiger partial charge in [0.25, 0.3) is 5.91 Å². The number of hydrogen-bond donors (Lipinski definition) is 3. The van der Waals surface area contributed by atoms with Crippen LogP contribution in [-0.2, 0) is 14.3 Å². The van der Waals surface area contributed by atoms with Gasteiger partial charge in [-0.2, -0.15) is 0 Å².